The fourth-order valence-electron chi connectivity index (χ4n) is 2.03. The van der Waals surface area contributed by atoms with Gasteiger partial charge >= 0.3 is 6.18 Å². The average molecular weight is 381 g/mol. The van der Waals surface area contributed by atoms with E-state index in [1.54, 1.807) is 0 Å². The highest BCUT2D eigenvalue weighted by molar-refractivity contribution is 6.30. The van der Waals surface area contributed by atoms with Crippen LogP contribution in [0.5, 0.6) is 0 Å². The van der Waals surface area contributed by atoms with E-state index in [2.05, 4.69) is 31.0 Å². The number of hydrogen-bond acceptors (Lipinski definition) is 6. The van der Waals surface area contributed by atoms with Gasteiger partial charge in [-0.3, -0.25) is 0 Å². The smallest absolute Gasteiger partial charge is 0.359 e. The van der Waals surface area contributed by atoms with Gasteiger partial charge in [-0.25, -0.2) is 4.68 Å². The summed E-state index contributed by atoms with van der Waals surface area (Å²) in [4.78, 5) is 0. The molecule has 0 aliphatic carbocycles. The number of aromatic amines is 1. The van der Waals surface area contributed by atoms with Crippen LogP contribution in [-0.2, 0) is 6.18 Å². The van der Waals surface area contributed by atoms with Gasteiger partial charge in [-0.2, -0.15) is 28.7 Å². The van der Waals surface area contributed by atoms with Crippen molar-refractivity contribution in [2.75, 3.05) is 5.32 Å². The normalized spacial score (nSPS) is 12.0. The second-order valence-electron chi connectivity index (χ2n) is 4.88. The molecule has 0 amide bonds. The van der Waals surface area contributed by atoms with Gasteiger partial charge in [0.05, 0.1) is 28.2 Å². The zero-order valence-electron chi connectivity index (χ0n) is 12.7. The molecule has 12 heteroatoms. The Morgan fingerprint density at radius 2 is 2.19 bits per heavy atom. The lowest BCUT2D eigenvalue weighted by Crippen LogP contribution is -2.08. The van der Waals surface area contributed by atoms with Crippen LogP contribution in [0.3, 0.4) is 0 Å². The molecule has 0 fully saturated rings. The monoisotopic (exact) mass is 380 g/mol. The summed E-state index contributed by atoms with van der Waals surface area (Å²) >= 11 is 5.82. The number of tetrazole rings is 1. The lowest BCUT2D eigenvalue weighted by Gasteiger charge is -2.13. The van der Waals surface area contributed by atoms with Gasteiger partial charge in [0.1, 0.15) is 11.6 Å². The third-order valence-electron chi connectivity index (χ3n) is 3.20. The quantitative estimate of drug-likeness (QED) is 0.673. The molecule has 0 atom stereocenters. The van der Waals surface area contributed by atoms with Crippen LogP contribution >= 0.6 is 11.6 Å². The van der Waals surface area contributed by atoms with Gasteiger partial charge in [0.2, 0.25) is 5.82 Å². The van der Waals surface area contributed by atoms with Crippen molar-refractivity contribution in [2.45, 2.75) is 6.18 Å². The summed E-state index contributed by atoms with van der Waals surface area (Å²) < 4.78 is 40.4. The third-order valence-corrected chi connectivity index (χ3v) is 3.40. The number of alkyl halides is 3. The van der Waals surface area contributed by atoms with E-state index in [0.717, 1.165) is 12.1 Å². The second-order valence-corrected chi connectivity index (χ2v) is 5.32. The Labute approximate surface area is 148 Å². The summed E-state index contributed by atoms with van der Waals surface area (Å²) in [7, 11) is 0. The highest BCUT2D eigenvalue weighted by atomic mass is 35.5. The minimum atomic E-state index is -4.54. The number of benzene rings is 1. The van der Waals surface area contributed by atoms with E-state index in [1.807, 2.05) is 6.07 Å². The van der Waals surface area contributed by atoms with Crippen molar-refractivity contribution in [3.8, 4) is 11.8 Å². The molecule has 2 aromatic heterocycles. The highest BCUT2D eigenvalue weighted by Crippen LogP contribution is 2.33. The largest absolute Gasteiger partial charge is 0.416 e. The first kappa shape index (κ1) is 17.4. The van der Waals surface area contributed by atoms with E-state index in [4.69, 9.17) is 16.9 Å². The van der Waals surface area contributed by atoms with E-state index in [1.165, 1.54) is 29.3 Å². The van der Waals surface area contributed by atoms with Crippen LogP contribution in [-0.4, -0.2) is 30.4 Å². The Balaban J connectivity index is 2.04. The number of halogens is 4. The second kappa shape index (κ2) is 6.85. The standard InChI is InChI=1S/C14H8ClF3N8/c15-10-6-21-26(7-10)12-2-1-9(14(16,17)18)3-11(12)20-5-8(4-19)13-22-24-25-23-13/h1-3,5-7,20H,(H,22,23,24,25). The van der Waals surface area contributed by atoms with Crippen LogP contribution < -0.4 is 5.32 Å². The maximum absolute atomic E-state index is 13.0. The molecule has 3 rings (SSSR count). The first-order valence-electron chi connectivity index (χ1n) is 6.91. The lowest BCUT2D eigenvalue weighted by molar-refractivity contribution is -0.137. The molecule has 0 spiro atoms. The van der Waals surface area contributed by atoms with Crippen molar-refractivity contribution in [1.29, 1.82) is 5.26 Å². The van der Waals surface area contributed by atoms with Gasteiger partial charge in [-0.15, -0.1) is 10.2 Å². The Bertz CT molecular complexity index is 985. The maximum atomic E-state index is 13.0. The topological polar surface area (TPSA) is 108 Å². The minimum absolute atomic E-state index is 0.00402. The molecule has 0 aliphatic rings. The minimum Gasteiger partial charge on any atom is -0.359 e. The van der Waals surface area contributed by atoms with Crippen molar-refractivity contribution in [1.82, 2.24) is 30.4 Å². The number of nitrogens with one attached hydrogen (secondary N) is 2. The van der Waals surface area contributed by atoms with Crippen molar-refractivity contribution in [2.24, 2.45) is 0 Å². The third kappa shape index (κ3) is 3.65. The van der Waals surface area contributed by atoms with Gasteiger partial charge in [-0.05, 0) is 23.4 Å². The Hall–Kier alpha value is -3.39. The predicted molar refractivity (Wildman–Crippen MR) is 85.0 cm³/mol. The molecule has 0 radical (unpaired) electrons. The molecule has 0 saturated heterocycles. The SMILES string of the molecule is N#CC(=CNc1cc(C(F)(F)F)ccc1-n1cc(Cl)cn1)c1nn[nH]n1. The molecular weight excluding hydrogens is 373 g/mol. The fourth-order valence-corrected chi connectivity index (χ4v) is 2.17. The van der Waals surface area contributed by atoms with Crippen LogP contribution in [0, 0.1) is 11.3 Å². The number of nitrogens with zero attached hydrogens (tertiary/aromatic N) is 6. The number of rotatable bonds is 4. The summed E-state index contributed by atoms with van der Waals surface area (Å²) in [5.74, 6) is -0.00402. The number of anilines is 1. The maximum Gasteiger partial charge on any atom is 0.416 e. The van der Waals surface area contributed by atoms with Crippen LogP contribution in [0.25, 0.3) is 11.3 Å². The predicted octanol–water partition coefficient (Wildman–Crippen LogP) is 3.03. The molecule has 2 heterocycles. The van der Waals surface area contributed by atoms with Gasteiger partial charge in [-0.1, -0.05) is 11.6 Å². The molecule has 0 bridgehead atoms. The number of H-pyrrole nitrogens is 1. The summed E-state index contributed by atoms with van der Waals surface area (Å²) in [6.45, 7) is 0. The van der Waals surface area contributed by atoms with Crippen LogP contribution in [0.4, 0.5) is 18.9 Å². The molecule has 26 heavy (non-hydrogen) atoms. The number of nitriles is 1. The van der Waals surface area contributed by atoms with E-state index < -0.39 is 11.7 Å². The lowest BCUT2D eigenvalue weighted by atomic mass is 10.1. The molecule has 0 saturated carbocycles. The molecule has 1 aromatic carbocycles. The van der Waals surface area contributed by atoms with E-state index in [-0.39, 0.29) is 17.1 Å². The number of allylic oxidation sites excluding steroid dienone is 1. The molecule has 0 aliphatic heterocycles. The Morgan fingerprint density at radius 1 is 1.38 bits per heavy atom. The van der Waals surface area contributed by atoms with E-state index in [9.17, 15) is 13.2 Å². The van der Waals surface area contributed by atoms with Gasteiger partial charge in [0, 0.05) is 12.4 Å². The van der Waals surface area contributed by atoms with Crippen LogP contribution in [0.2, 0.25) is 5.02 Å². The summed E-state index contributed by atoms with van der Waals surface area (Å²) in [6.07, 6.45) is -0.580. The van der Waals surface area contributed by atoms with Crippen molar-refractivity contribution < 1.29 is 13.2 Å². The Kier molecular flexibility index (Phi) is 4.59. The fraction of sp³-hybridized carbons (Fsp3) is 0.0714. The molecular formula is C14H8ClF3N8. The summed E-state index contributed by atoms with van der Waals surface area (Å²) in [5, 5.41) is 28.9. The molecule has 8 nitrogen and oxygen atoms in total. The van der Waals surface area contributed by atoms with Crippen LogP contribution in [0.15, 0.2) is 36.8 Å². The van der Waals surface area contributed by atoms with Crippen molar-refractivity contribution in [3.05, 3.63) is 53.2 Å². The first-order chi connectivity index (χ1) is 12.4. The first-order valence-corrected chi connectivity index (χ1v) is 7.28. The van der Waals surface area contributed by atoms with Crippen molar-refractivity contribution >= 4 is 22.9 Å². The van der Waals surface area contributed by atoms with E-state index >= 15 is 0 Å². The molecule has 2 N–H and O–H groups in total. The van der Waals surface area contributed by atoms with Crippen LogP contribution in [0.1, 0.15) is 11.4 Å². The van der Waals surface area contributed by atoms with E-state index in [0.29, 0.717) is 10.7 Å². The summed E-state index contributed by atoms with van der Waals surface area (Å²) in [5.41, 5.74) is -0.545. The van der Waals surface area contributed by atoms with Gasteiger partial charge < -0.3 is 5.32 Å². The molecule has 0 unspecified atom stereocenters. The summed E-state index contributed by atoms with van der Waals surface area (Å²) in [6, 6.07) is 4.89. The van der Waals surface area contributed by atoms with Gasteiger partial charge in [0.15, 0.2) is 0 Å². The van der Waals surface area contributed by atoms with Crippen molar-refractivity contribution in [3.63, 3.8) is 0 Å². The highest BCUT2D eigenvalue weighted by Gasteiger charge is 2.31. The average Bonchev–Trinajstić information content (AvgIpc) is 3.26. The number of hydrogen-bond donors (Lipinski definition) is 2. The zero-order valence-corrected chi connectivity index (χ0v) is 13.4. The zero-order chi connectivity index (χ0) is 18.7. The van der Waals surface area contributed by atoms with Gasteiger partial charge in [0.25, 0.3) is 0 Å². The Morgan fingerprint density at radius 3 is 2.77 bits per heavy atom. The molecule has 132 valence electrons. The molecule has 3 aromatic rings. The number of aromatic nitrogens is 6.